The van der Waals surface area contributed by atoms with Crippen LogP contribution < -0.4 is 11.1 Å². The maximum Gasteiger partial charge on any atom is 0.0736 e. The predicted molar refractivity (Wildman–Crippen MR) is 69.7 cm³/mol. The summed E-state index contributed by atoms with van der Waals surface area (Å²) < 4.78 is 0. The molecule has 0 aliphatic carbocycles. The maximum atomic E-state index is 5.81. The average molecular weight is 233 g/mol. The average Bonchev–Trinajstić information content (AvgIpc) is 2.75. The lowest BCUT2D eigenvalue weighted by atomic mass is 10.2. The Labute approximate surface area is 99.3 Å². The van der Waals surface area contributed by atoms with Gasteiger partial charge < -0.3 is 11.1 Å². The molecule has 0 fully saturated rings. The van der Waals surface area contributed by atoms with Crippen LogP contribution in [0.5, 0.6) is 0 Å². The highest BCUT2D eigenvalue weighted by molar-refractivity contribution is 7.10. The fourth-order valence-electron chi connectivity index (χ4n) is 1.58. The van der Waals surface area contributed by atoms with Gasteiger partial charge in [-0.3, -0.25) is 4.98 Å². The van der Waals surface area contributed by atoms with Gasteiger partial charge in [-0.25, -0.2) is 0 Å². The van der Waals surface area contributed by atoms with Crippen LogP contribution in [0.1, 0.15) is 17.4 Å². The first-order valence-electron chi connectivity index (χ1n) is 5.30. The number of rotatable bonds is 4. The first-order valence-corrected chi connectivity index (χ1v) is 6.18. The number of aryl methyl sites for hydroxylation is 1. The summed E-state index contributed by atoms with van der Waals surface area (Å²) in [5.41, 5.74) is 8.86. The molecule has 0 saturated carbocycles. The maximum absolute atomic E-state index is 5.81. The third-order valence-electron chi connectivity index (χ3n) is 2.51. The van der Waals surface area contributed by atoms with E-state index in [0.717, 1.165) is 18.7 Å². The Morgan fingerprint density at radius 3 is 3.06 bits per heavy atom. The van der Waals surface area contributed by atoms with Gasteiger partial charge in [0.15, 0.2) is 0 Å². The van der Waals surface area contributed by atoms with Crippen molar-refractivity contribution in [1.29, 1.82) is 0 Å². The number of nitrogen functional groups attached to an aromatic ring is 1. The highest BCUT2D eigenvalue weighted by Crippen LogP contribution is 2.21. The first kappa shape index (κ1) is 11.0. The molecule has 84 valence electrons. The van der Waals surface area contributed by atoms with Crippen molar-refractivity contribution in [1.82, 2.24) is 4.98 Å². The Hall–Kier alpha value is -1.55. The standard InChI is InChI=1S/C12H15N3S/c1-2-9-4-6-16-12(9)8-15-11-3-5-14-7-10(11)13/h3-7H,2,8,13H2,1H3,(H,14,15). The summed E-state index contributed by atoms with van der Waals surface area (Å²) in [6.45, 7) is 3.00. The molecule has 0 aliphatic rings. The molecule has 3 nitrogen and oxygen atoms in total. The van der Waals surface area contributed by atoms with Crippen molar-refractivity contribution < 1.29 is 0 Å². The van der Waals surface area contributed by atoms with E-state index in [-0.39, 0.29) is 0 Å². The lowest BCUT2D eigenvalue weighted by Gasteiger charge is -2.08. The van der Waals surface area contributed by atoms with E-state index >= 15 is 0 Å². The Morgan fingerprint density at radius 1 is 1.44 bits per heavy atom. The van der Waals surface area contributed by atoms with Gasteiger partial charge in [-0.05, 0) is 29.5 Å². The largest absolute Gasteiger partial charge is 0.396 e. The van der Waals surface area contributed by atoms with Gasteiger partial charge in [0.25, 0.3) is 0 Å². The van der Waals surface area contributed by atoms with Gasteiger partial charge in [0.05, 0.1) is 17.6 Å². The molecule has 0 amide bonds. The molecule has 0 aliphatic heterocycles. The van der Waals surface area contributed by atoms with Gasteiger partial charge >= 0.3 is 0 Å². The van der Waals surface area contributed by atoms with Crippen molar-refractivity contribution in [2.75, 3.05) is 11.1 Å². The van der Waals surface area contributed by atoms with Crippen LogP contribution >= 0.6 is 11.3 Å². The zero-order chi connectivity index (χ0) is 11.4. The highest BCUT2D eigenvalue weighted by atomic mass is 32.1. The summed E-state index contributed by atoms with van der Waals surface area (Å²) in [4.78, 5) is 5.34. The quantitative estimate of drug-likeness (QED) is 0.853. The minimum Gasteiger partial charge on any atom is -0.396 e. The van der Waals surface area contributed by atoms with Crippen molar-refractivity contribution in [3.63, 3.8) is 0 Å². The van der Waals surface area contributed by atoms with Crippen LogP contribution in [0.4, 0.5) is 11.4 Å². The van der Waals surface area contributed by atoms with Gasteiger partial charge in [-0.15, -0.1) is 11.3 Å². The second kappa shape index (κ2) is 4.99. The van der Waals surface area contributed by atoms with E-state index in [1.165, 1.54) is 10.4 Å². The minimum atomic E-state index is 0.692. The molecule has 0 unspecified atom stereocenters. The Kier molecular flexibility index (Phi) is 3.41. The van der Waals surface area contributed by atoms with Gasteiger partial charge in [0.1, 0.15) is 0 Å². The van der Waals surface area contributed by atoms with Crippen LogP contribution in [-0.4, -0.2) is 4.98 Å². The Morgan fingerprint density at radius 2 is 2.31 bits per heavy atom. The Bertz CT molecular complexity index is 465. The monoisotopic (exact) mass is 233 g/mol. The summed E-state index contributed by atoms with van der Waals surface area (Å²) in [5.74, 6) is 0. The Balaban J connectivity index is 2.05. The van der Waals surface area contributed by atoms with E-state index in [1.54, 1.807) is 23.7 Å². The lowest BCUT2D eigenvalue weighted by molar-refractivity contribution is 1.08. The highest BCUT2D eigenvalue weighted by Gasteiger charge is 2.03. The lowest BCUT2D eigenvalue weighted by Crippen LogP contribution is -2.02. The molecular formula is C12H15N3S. The summed E-state index contributed by atoms with van der Waals surface area (Å²) >= 11 is 1.78. The molecule has 3 N–H and O–H groups in total. The van der Waals surface area contributed by atoms with Gasteiger partial charge in [-0.1, -0.05) is 6.92 Å². The third kappa shape index (κ3) is 2.33. The van der Waals surface area contributed by atoms with Crippen LogP contribution in [0.2, 0.25) is 0 Å². The summed E-state index contributed by atoms with van der Waals surface area (Å²) in [7, 11) is 0. The van der Waals surface area contributed by atoms with E-state index in [2.05, 4.69) is 28.7 Å². The number of thiophene rings is 1. The molecule has 2 rings (SSSR count). The molecule has 2 aromatic heterocycles. The molecule has 0 atom stereocenters. The minimum absolute atomic E-state index is 0.692. The van der Waals surface area contributed by atoms with Crippen LogP contribution in [0.25, 0.3) is 0 Å². The van der Waals surface area contributed by atoms with E-state index < -0.39 is 0 Å². The van der Waals surface area contributed by atoms with Gasteiger partial charge in [0, 0.05) is 17.6 Å². The van der Waals surface area contributed by atoms with Gasteiger partial charge in [0.2, 0.25) is 0 Å². The molecular weight excluding hydrogens is 218 g/mol. The van der Waals surface area contributed by atoms with Crippen molar-refractivity contribution >= 4 is 22.7 Å². The summed E-state index contributed by atoms with van der Waals surface area (Å²) in [6.07, 6.45) is 4.48. The molecule has 16 heavy (non-hydrogen) atoms. The number of nitrogens with one attached hydrogen (secondary N) is 1. The third-order valence-corrected chi connectivity index (χ3v) is 3.47. The van der Waals surface area contributed by atoms with Crippen LogP contribution in [0.15, 0.2) is 29.9 Å². The first-order chi connectivity index (χ1) is 7.81. The normalized spacial score (nSPS) is 10.3. The van der Waals surface area contributed by atoms with Gasteiger partial charge in [-0.2, -0.15) is 0 Å². The molecule has 0 bridgehead atoms. The number of hydrogen-bond acceptors (Lipinski definition) is 4. The summed E-state index contributed by atoms with van der Waals surface area (Å²) in [5, 5.41) is 5.47. The van der Waals surface area contributed by atoms with Crippen LogP contribution in [0, 0.1) is 0 Å². The SMILES string of the molecule is CCc1ccsc1CNc1ccncc1N. The van der Waals surface area contributed by atoms with Crippen molar-refractivity contribution in [3.8, 4) is 0 Å². The summed E-state index contributed by atoms with van der Waals surface area (Å²) in [6, 6.07) is 4.08. The fourth-order valence-corrected chi connectivity index (χ4v) is 2.50. The number of pyridine rings is 1. The second-order valence-corrected chi connectivity index (χ2v) is 4.54. The van der Waals surface area contributed by atoms with Crippen molar-refractivity contribution in [2.45, 2.75) is 19.9 Å². The molecule has 0 radical (unpaired) electrons. The molecule has 2 heterocycles. The second-order valence-electron chi connectivity index (χ2n) is 3.54. The van der Waals surface area contributed by atoms with E-state index in [0.29, 0.717) is 5.69 Å². The fraction of sp³-hybridized carbons (Fsp3) is 0.250. The molecule has 0 spiro atoms. The zero-order valence-electron chi connectivity index (χ0n) is 9.23. The van der Waals surface area contributed by atoms with E-state index in [9.17, 15) is 0 Å². The smallest absolute Gasteiger partial charge is 0.0736 e. The van der Waals surface area contributed by atoms with Crippen molar-refractivity contribution in [3.05, 3.63) is 40.3 Å². The number of nitrogens with two attached hydrogens (primary N) is 1. The van der Waals surface area contributed by atoms with Crippen LogP contribution in [-0.2, 0) is 13.0 Å². The zero-order valence-corrected chi connectivity index (χ0v) is 10.1. The van der Waals surface area contributed by atoms with E-state index in [4.69, 9.17) is 5.73 Å². The number of aromatic nitrogens is 1. The molecule has 0 aromatic carbocycles. The number of hydrogen-bond donors (Lipinski definition) is 2. The number of nitrogens with zero attached hydrogens (tertiary/aromatic N) is 1. The molecule has 0 saturated heterocycles. The van der Waals surface area contributed by atoms with Crippen LogP contribution in [0.3, 0.4) is 0 Å². The van der Waals surface area contributed by atoms with Crippen molar-refractivity contribution in [2.24, 2.45) is 0 Å². The molecule has 4 heteroatoms. The van der Waals surface area contributed by atoms with E-state index in [1.807, 2.05) is 6.07 Å². The number of anilines is 2. The topological polar surface area (TPSA) is 50.9 Å². The predicted octanol–water partition coefficient (Wildman–Crippen LogP) is 2.90. The molecule has 2 aromatic rings.